The summed E-state index contributed by atoms with van der Waals surface area (Å²) in [5.74, 6) is 0.610. The molecule has 0 saturated carbocycles. The standard InChI is InChI=1S/C17H27NO.C2H6/c1-13(2)15-5-7-16(8-6-15)18-11-9-17(10-12-18)19-14(3)4;1-2/h5-8,13-14,17H,9-12H2,1-4H3;1-2H3. The maximum Gasteiger partial charge on any atom is 0.0612 e. The Morgan fingerprint density at radius 3 is 1.90 bits per heavy atom. The molecule has 1 aromatic rings. The summed E-state index contributed by atoms with van der Waals surface area (Å²) in [5, 5.41) is 0. The highest BCUT2D eigenvalue weighted by molar-refractivity contribution is 5.48. The number of hydrogen-bond acceptors (Lipinski definition) is 2. The molecule has 1 fully saturated rings. The van der Waals surface area contributed by atoms with Crippen molar-refractivity contribution < 1.29 is 4.74 Å². The van der Waals surface area contributed by atoms with Gasteiger partial charge >= 0.3 is 0 Å². The third-order valence-corrected chi connectivity index (χ3v) is 3.83. The van der Waals surface area contributed by atoms with E-state index in [1.807, 2.05) is 13.8 Å². The van der Waals surface area contributed by atoms with Crippen LogP contribution >= 0.6 is 0 Å². The molecule has 0 amide bonds. The van der Waals surface area contributed by atoms with Crippen LogP contribution in [-0.4, -0.2) is 25.3 Å². The van der Waals surface area contributed by atoms with Gasteiger partial charge in [-0.1, -0.05) is 39.8 Å². The molecule has 1 aromatic carbocycles. The van der Waals surface area contributed by atoms with Crippen molar-refractivity contribution in [3.63, 3.8) is 0 Å². The molecule has 1 heterocycles. The summed E-state index contributed by atoms with van der Waals surface area (Å²) >= 11 is 0. The number of piperidine rings is 1. The molecular weight excluding hydrogens is 258 g/mol. The van der Waals surface area contributed by atoms with E-state index in [1.165, 1.54) is 11.3 Å². The Labute approximate surface area is 131 Å². The van der Waals surface area contributed by atoms with Crippen LogP contribution in [0.4, 0.5) is 5.69 Å². The first-order valence-corrected chi connectivity index (χ1v) is 8.56. The van der Waals surface area contributed by atoms with Crippen LogP contribution in [0.5, 0.6) is 0 Å². The number of benzene rings is 1. The van der Waals surface area contributed by atoms with Crippen molar-refractivity contribution in [3.05, 3.63) is 29.8 Å². The lowest BCUT2D eigenvalue weighted by atomic mass is 10.0. The van der Waals surface area contributed by atoms with Gasteiger partial charge in [-0.2, -0.15) is 0 Å². The lowest BCUT2D eigenvalue weighted by molar-refractivity contribution is -0.00478. The van der Waals surface area contributed by atoms with Crippen molar-refractivity contribution >= 4 is 5.69 Å². The summed E-state index contributed by atoms with van der Waals surface area (Å²) in [6, 6.07) is 9.05. The van der Waals surface area contributed by atoms with Gasteiger partial charge in [0.1, 0.15) is 0 Å². The number of nitrogens with zero attached hydrogens (tertiary/aromatic N) is 1. The van der Waals surface area contributed by atoms with E-state index in [0.717, 1.165) is 25.9 Å². The molecule has 21 heavy (non-hydrogen) atoms. The van der Waals surface area contributed by atoms with Gasteiger partial charge < -0.3 is 9.64 Å². The van der Waals surface area contributed by atoms with Gasteiger partial charge in [-0.05, 0) is 50.3 Å². The maximum absolute atomic E-state index is 5.90. The largest absolute Gasteiger partial charge is 0.375 e. The van der Waals surface area contributed by atoms with E-state index >= 15 is 0 Å². The molecule has 0 N–H and O–H groups in total. The summed E-state index contributed by atoms with van der Waals surface area (Å²) < 4.78 is 5.90. The van der Waals surface area contributed by atoms with E-state index in [0.29, 0.717) is 18.1 Å². The summed E-state index contributed by atoms with van der Waals surface area (Å²) in [6.07, 6.45) is 3.09. The second kappa shape index (κ2) is 9.09. The predicted molar refractivity (Wildman–Crippen MR) is 93.3 cm³/mol. The number of anilines is 1. The molecule has 1 saturated heterocycles. The molecule has 0 aliphatic carbocycles. The lowest BCUT2D eigenvalue weighted by Crippen LogP contribution is -2.37. The smallest absolute Gasteiger partial charge is 0.0612 e. The Balaban J connectivity index is 0.00000106. The summed E-state index contributed by atoms with van der Waals surface area (Å²) in [4.78, 5) is 2.48. The van der Waals surface area contributed by atoms with Crippen LogP contribution in [0.3, 0.4) is 0 Å². The van der Waals surface area contributed by atoms with Crippen molar-refractivity contribution in [1.29, 1.82) is 0 Å². The monoisotopic (exact) mass is 291 g/mol. The molecule has 0 spiro atoms. The Hall–Kier alpha value is -1.02. The fraction of sp³-hybridized carbons (Fsp3) is 0.684. The highest BCUT2D eigenvalue weighted by Crippen LogP contribution is 2.24. The van der Waals surface area contributed by atoms with Crippen LogP contribution in [0.2, 0.25) is 0 Å². The van der Waals surface area contributed by atoms with Crippen LogP contribution in [0.15, 0.2) is 24.3 Å². The Bertz CT molecular complexity index is 375. The normalized spacial score (nSPS) is 16.1. The zero-order chi connectivity index (χ0) is 15.8. The summed E-state index contributed by atoms with van der Waals surface area (Å²) in [6.45, 7) is 14.9. The molecule has 0 radical (unpaired) electrons. The van der Waals surface area contributed by atoms with E-state index in [1.54, 1.807) is 0 Å². The number of ether oxygens (including phenoxy) is 1. The van der Waals surface area contributed by atoms with Gasteiger partial charge in [-0.15, -0.1) is 0 Å². The molecule has 2 rings (SSSR count). The Morgan fingerprint density at radius 1 is 0.952 bits per heavy atom. The minimum absolute atomic E-state index is 0.349. The van der Waals surface area contributed by atoms with Crippen molar-refractivity contribution in [2.45, 2.75) is 72.5 Å². The van der Waals surface area contributed by atoms with E-state index < -0.39 is 0 Å². The van der Waals surface area contributed by atoms with Crippen LogP contribution in [0.25, 0.3) is 0 Å². The molecular formula is C19H33NO. The topological polar surface area (TPSA) is 12.5 Å². The molecule has 2 nitrogen and oxygen atoms in total. The van der Waals surface area contributed by atoms with Crippen LogP contribution < -0.4 is 4.90 Å². The molecule has 0 unspecified atom stereocenters. The average molecular weight is 291 g/mol. The van der Waals surface area contributed by atoms with E-state index in [4.69, 9.17) is 4.74 Å². The number of rotatable bonds is 4. The maximum atomic E-state index is 5.90. The van der Waals surface area contributed by atoms with Gasteiger partial charge in [-0.3, -0.25) is 0 Å². The molecule has 120 valence electrons. The van der Waals surface area contributed by atoms with Gasteiger partial charge in [0.05, 0.1) is 12.2 Å². The SMILES string of the molecule is CC.CC(C)OC1CCN(c2ccc(C(C)C)cc2)CC1. The third-order valence-electron chi connectivity index (χ3n) is 3.83. The molecule has 0 atom stereocenters. The minimum atomic E-state index is 0.349. The first kappa shape index (κ1) is 18.0. The van der Waals surface area contributed by atoms with Crippen molar-refractivity contribution in [3.8, 4) is 0 Å². The lowest BCUT2D eigenvalue weighted by Gasteiger charge is -2.34. The molecule has 1 aliphatic rings. The highest BCUT2D eigenvalue weighted by atomic mass is 16.5. The Morgan fingerprint density at radius 2 is 1.48 bits per heavy atom. The fourth-order valence-electron chi connectivity index (χ4n) is 2.71. The van der Waals surface area contributed by atoms with Gasteiger partial charge in [0.15, 0.2) is 0 Å². The van der Waals surface area contributed by atoms with Crippen LogP contribution in [-0.2, 0) is 4.74 Å². The zero-order valence-electron chi connectivity index (χ0n) is 14.7. The van der Waals surface area contributed by atoms with E-state index in [9.17, 15) is 0 Å². The van der Waals surface area contributed by atoms with Gasteiger partial charge in [0, 0.05) is 18.8 Å². The highest BCUT2D eigenvalue weighted by Gasteiger charge is 2.20. The third kappa shape index (κ3) is 5.70. The quantitative estimate of drug-likeness (QED) is 0.753. The van der Waals surface area contributed by atoms with E-state index in [-0.39, 0.29) is 0 Å². The zero-order valence-corrected chi connectivity index (χ0v) is 14.7. The molecule has 1 aliphatic heterocycles. The molecule has 2 heteroatoms. The molecule has 0 bridgehead atoms. The van der Waals surface area contributed by atoms with Crippen LogP contribution in [0, 0.1) is 0 Å². The minimum Gasteiger partial charge on any atom is -0.375 e. The van der Waals surface area contributed by atoms with Crippen molar-refractivity contribution in [2.24, 2.45) is 0 Å². The second-order valence-corrected chi connectivity index (χ2v) is 6.12. The van der Waals surface area contributed by atoms with Gasteiger partial charge in [0.2, 0.25) is 0 Å². The van der Waals surface area contributed by atoms with Crippen molar-refractivity contribution in [2.75, 3.05) is 18.0 Å². The van der Waals surface area contributed by atoms with E-state index in [2.05, 4.69) is 56.9 Å². The molecule has 0 aromatic heterocycles. The van der Waals surface area contributed by atoms with Crippen molar-refractivity contribution in [1.82, 2.24) is 0 Å². The van der Waals surface area contributed by atoms with Gasteiger partial charge in [-0.25, -0.2) is 0 Å². The fourth-order valence-corrected chi connectivity index (χ4v) is 2.71. The summed E-state index contributed by atoms with van der Waals surface area (Å²) in [5.41, 5.74) is 2.77. The van der Waals surface area contributed by atoms with Gasteiger partial charge in [0.25, 0.3) is 0 Å². The predicted octanol–water partition coefficient (Wildman–Crippen LogP) is 5.23. The Kier molecular flexibility index (Phi) is 7.81. The average Bonchev–Trinajstić information content (AvgIpc) is 2.49. The first-order chi connectivity index (χ1) is 10.1. The summed E-state index contributed by atoms with van der Waals surface area (Å²) in [7, 11) is 0. The van der Waals surface area contributed by atoms with Crippen LogP contribution in [0.1, 0.15) is 65.9 Å². The first-order valence-electron chi connectivity index (χ1n) is 8.56. The number of hydrogen-bond donors (Lipinski definition) is 0. The second-order valence-electron chi connectivity index (χ2n) is 6.12.